The van der Waals surface area contributed by atoms with E-state index in [-0.39, 0.29) is 25.4 Å². The van der Waals surface area contributed by atoms with E-state index in [1.54, 1.807) is 6.92 Å². The average Bonchev–Trinajstić information content (AvgIpc) is 2.50. The van der Waals surface area contributed by atoms with Gasteiger partial charge in [-0.25, -0.2) is 4.68 Å². The number of rotatable bonds is 1. The van der Waals surface area contributed by atoms with Crippen LogP contribution >= 0.6 is 0 Å². The first-order valence-electron chi connectivity index (χ1n) is 4.94. The molecular weight excluding hydrogens is 223 g/mol. The Bertz CT molecular complexity index is 399. The van der Waals surface area contributed by atoms with Crippen molar-refractivity contribution in [1.29, 1.82) is 0 Å². The maximum atomic E-state index is 12.7. The molecule has 2 heterocycles. The van der Waals surface area contributed by atoms with Crippen LogP contribution in [0.3, 0.4) is 0 Å². The van der Waals surface area contributed by atoms with E-state index in [1.165, 1.54) is 0 Å². The number of hydrogen-bond donors (Lipinski definition) is 2. The van der Waals surface area contributed by atoms with Gasteiger partial charge in [-0.15, -0.1) is 0 Å². The van der Waals surface area contributed by atoms with Crippen LogP contribution in [0.2, 0.25) is 0 Å². The van der Waals surface area contributed by atoms with Gasteiger partial charge in [0.05, 0.1) is 12.3 Å². The molecule has 0 aliphatic carbocycles. The lowest BCUT2D eigenvalue weighted by molar-refractivity contribution is -0.171. The van der Waals surface area contributed by atoms with Crippen molar-refractivity contribution in [1.82, 2.24) is 9.78 Å². The molecule has 90 valence electrons. The van der Waals surface area contributed by atoms with Crippen molar-refractivity contribution < 1.29 is 18.3 Å². The topological polar surface area (TPSA) is 50.1 Å². The second-order valence-corrected chi connectivity index (χ2v) is 3.79. The zero-order chi connectivity index (χ0) is 11.9. The van der Waals surface area contributed by atoms with Gasteiger partial charge in [0, 0.05) is 12.1 Å². The monoisotopic (exact) mass is 235 g/mol. The summed E-state index contributed by atoms with van der Waals surface area (Å²) in [6, 6.07) is -1.59. The van der Waals surface area contributed by atoms with Gasteiger partial charge in [0.15, 0.2) is 6.04 Å². The predicted octanol–water partition coefficient (Wildman–Crippen LogP) is 1.60. The van der Waals surface area contributed by atoms with Gasteiger partial charge >= 0.3 is 6.18 Å². The first-order chi connectivity index (χ1) is 7.45. The maximum Gasteiger partial charge on any atom is 0.410 e. The maximum absolute atomic E-state index is 12.7. The van der Waals surface area contributed by atoms with Gasteiger partial charge in [0.2, 0.25) is 0 Å². The molecule has 1 atom stereocenters. The fourth-order valence-corrected chi connectivity index (χ4v) is 1.94. The Morgan fingerprint density at radius 1 is 1.56 bits per heavy atom. The first-order valence-corrected chi connectivity index (χ1v) is 4.94. The zero-order valence-electron chi connectivity index (χ0n) is 8.67. The molecule has 4 nitrogen and oxygen atoms in total. The highest BCUT2D eigenvalue weighted by Crippen LogP contribution is 2.38. The molecule has 0 aromatic carbocycles. The SMILES string of the molecule is Cc1nn2c(c1CO)NCC[C@@H]2C(F)(F)F. The van der Waals surface area contributed by atoms with Crippen LogP contribution in [0.5, 0.6) is 0 Å². The Morgan fingerprint density at radius 2 is 2.25 bits per heavy atom. The molecule has 0 spiro atoms. The number of aliphatic hydroxyl groups is 1. The highest BCUT2D eigenvalue weighted by molar-refractivity contribution is 5.48. The van der Waals surface area contributed by atoms with E-state index < -0.39 is 12.2 Å². The number of aryl methyl sites for hydroxylation is 1. The minimum Gasteiger partial charge on any atom is -0.391 e. The lowest BCUT2D eigenvalue weighted by atomic mass is 10.1. The Morgan fingerprint density at radius 3 is 2.81 bits per heavy atom. The molecule has 0 saturated carbocycles. The van der Waals surface area contributed by atoms with Crippen LogP contribution in [0.15, 0.2) is 0 Å². The molecule has 1 aromatic rings. The molecule has 0 radical (unpaired) electrons. The van der Waals surface area contributed by atoms with Gasteiger partial charge in [-0.05, 0) is 13.3 Å². The van der Waals surface area contributed by atoms with Crippen molar-refractivity contribution in [3.63, 3.8) is 0 Å². The fraction of sp³-hybridized carbons (Fsp3) is 0.667. The summed E-state index contributed by atoms with van der Waals surface area (Å²) in [5.74, 6) is 0.286. The molecule has 0 bridgehead atoms. The third-order valence-electron chi connectivity index (χ3n) is 2.75. The average molecular weight is 235 g/mol. The van der Waals surface area contributed by atoms with E-state index in [4.69, 9.17) is 5.11 Å². The third kappa shape index (κ3) is 1.64. The van der Waals surface area contributed by atoms with E-state index in [2.05, 4.69) is 10.4 Å². The third-order valence-corrected chi connectivity index (χ3v) is 2.75. The second kappa shape index (κ2) is 3.65. The smallest absolute Gasteiger partial charge is 0.391 e. The molecular formula is C9H12F3N3O. The minimum absolute atomic E-state index is 0.0392. The summed E-state index contributed by atoms with van der Waals surface area (Å²) >= 11 is 0. The number of alkyl halides is 3. The summed E-state index contributed by atoms with van der Waals surface area (Å²) in [5, 5.41) is 15.8. The normalized spacial score (nSPS) is 20.4. The van der Waals surface area contributed by atoms with Gasteiger partial charge in [-0.1, -0.05) is 0 Å². The Kier molecular flexibility index (Phi) is 2.57. The van der Waals surface area contributed by atoms with E-state index in [0.717, 1.165) is 4.68 Å². The standard InChI is InChI=1S/C9H12F3N3O/c1-5-6(4-16)8-13-3-2-7(9(10,11)12)15(8)14-5/h7,13,16H,2-4H2,1H3/t7-/m1/s1. The van der Waals surface area contributed by atoms with Crippen molar-refractivity contribution in [2.75, 3.05) is 11.9 Å². The predicted molar refractivity (Wildman–Crippen MR) is 51.1 cm³/mol. The van der Waals surface area contributed by atoms with Crippen LogP contribution < -0.4 is 5.32 Å². The summed E-state index contributed by atoms with van der Waals surface area (Å²) in [6.07, 6.45) is -4.34. The molecule has 0 fully saturated rings. The van der Waals surface area contributed by atoms with Crippen molar-refractivity contribution in [2.24, 2.45) is 0 Å². The summed E-state index contributed by atoms with van der Waals surface area (Å²) in [6.45, 7) is 1.52. The summed E-state index contributed by atoms with van der Waals surface area (Å²) in [7, 11) is 0. The van der Waals surface area contributed by atoms with E-state index >= 15 is 0 Å². The Balaban J connectivity index is 2.48. The van der Waals surface area contributed by atoms with Crippen LogP contribution in [0.4, 0.5) is 19.0 Å². The summed E-state index contributed by atoms with van der Waals surface area (Å²) in [5.41, 5.74) is 0.870. The van der Waals surface area contributed by atoms with Crippen molar-refractivity contribution in [3.05, 3.63) is 11.3 Å². The van der Waals surface area contributed by atoms with Crippen molar-refractivity contribution >= 4 is 5.82 Å². The van der Waals surface area contributed by atoms with Gasteiger partial charge in [-0.2, -0.15) is 18.3 Å². The number of anilines is 1. The van der Waals surface area contributed by atoms with Crippen molar-refractivity contribution in [3.8, 4) is 0 Å². The van der Waals surface area contributed by atoms with E-state index in [1.807, 2.05) is 0 Å². The van der Waals surface area contributed by atoms with Crippen LogP contribution in [-0.2, 0) is 6.61 Å². The molecule has 2 N–H and O–H groups in total. The lowest BCUT2D eigenvalue weighted by Gasteiger charge is -2.27. The second-order valence-electron chi connectivity index (χ2n) is 3.79. The van der Waals surface area contributed by atoms with Gasteiger partial charge in [0.25, 0.3) is 0 Å². The molecule has 1 aliphatic heterocycles. The largest absolute Gasteiger partial charge is 0.410 e. The number of aromatic nitrogens is 2. The highest BCUT2D eigenvalue weighted by Gasteiger charge is 2.44. The summed E-state index contributed by atoms with van der Waals surface area (Å²) < 4.78 is 39.1. The molecule has 16 heavy (non-hydrogen) atoms. The van der Waals surface area contributed by atoms with Gasteiger partial charge in [-0.3, -0.25) is 0 Å². The molecule has 2 rings (SSSR count). The lowest BCUT2D eigenvalue weighted by Crippen LogP contribution is -2.34. The molecule has 1 aromatic heterocycles. The number of hydrogen-bond acceptors (Lipinski definition) is 3. The Hall–Kier alpha value is -1.24. The molecule has 0 amide bonds. The minimum atomic E-state index is -4.30. The number of fused-ring (bicyclic) bond motifs is 1. The molecule has 0 unspecified atom stereocenters. The van der Waals surface area contributed by atoms with Gasteiger partial charge in [0.1, 0.15) is 5.82 Å². The van der Waals surface area contributed by atoms with Crippen LogP contribution in [-0.4, -0.2) is 27.6 Å². The molecule has 1 aliphatic rings. The van der Waals surface area contributed by atoms with Crippen LogP contribution in [0.1, 0.15) is 23.7 Å². The number of nitrogens with zero attached hydrogens (tertiary/aromatic N) is 2. The highest BCUT2D eigenvalue weighted by atomic mass is 19.4. The first kappa shape index (κ1) is 11.3. The fourth-order valence-electron chi connectivity index (χ4n) is 1.94. The van der Waals surface area contributed by atoms with Crippen LogP contribution in [0, 0.1) is 6.92 Å². The quantitative estimate of drug-likeness (QED) is 0.777. The molecule has 0 saturated heterocycles. The zero-order valence-corrected chi connectivity index (χ0v) is 8.67. The number of halogens is 3. The Labute approximate surface area is 90.1 Å². The van der Waals surface area contributed by atoms with E-state index in [0.29, 0.717) is 11.3 Å². The summed E-state index contributed by atoms with van der Waals surface area (Å²) in [4.78, 5) is 0. The van der Waals surface area contributed by atoms with Gasteiger partial charge < -0.3 is 10.4 Å². The number of nitrogens with one attached hydrogen (secondary N) is 1. The van der Waals surface area contributed by atoms with Crippen LogP contribution in [0.25, 0.3) is 0 Å². The van der Waals surface area contributed by atoms with Crippen molar-refractivity contribution in [2.45, 2.75) is 32.2 Å². The van der Waals surface area contributed by atoms with E-state index in [9.17, 15) is 13.2 Å². The molecule has 7 heteroatoms. The number of aliphatic hydroxyl groups excluding tert-OH is 1.